The van der Waals surface area contributed by atoms with Gasteiger partial charge in [0.05, 0.1) is 0 Å². The van der Waals surface area contributed by atoms with Crippen LogP contribution in [0.5, 0.6) is 0 Å². The molecular formula is C18H36N2S. The number of piperazine rings is 1. The fraction of sp³-hybridized carbons (Fsp3) is 1.00. The molecule has 2 fully saturated rings. The first-order valence-corrected chi connectivity index (χ1v) is 10.5. The van der Waals surface area contributed by atoms with Gasteiger partial charge in [-0.1, -0.05) is 40.0 Å². The molecule has 1 unspecified atom stereocenters. The number of hydrogen-bond donors (Lipinski definition) is 1. The average molecular weight is 313 g/mol. The molecule has 1 saturated carbocycles. The number of rotatable bonds is 7. The topological polar surface area (TPSA) is 15.3 Å². The molecule has 1 heterocycles. The van der Waals surface area contributed by atoms with Crippen molar-refractivity contribution in [3.63, 3.8) is 0 Å². The van der Waals surface area contributed by atoms with Crippen molar-refractivity contribution in [3.05, 3.63) is 0 Å². The molecule has 124 valence electrons. The summed E-state index contributed by atoms with van der Waals surface area (Å²) in [4.78, 5) is 2.85. The third kappa shape index (κ3) is 4.39. The van der Waals surface area contributed by atoms with Crippen LogP contribution in [0.1, 0.15) is 65.7 Å². The van der Waals surface area contributed by atoms with Gasteiger partial charge in [-0.15, -0.1) is 0 Å². The molecule has 1 N–H and O–H groups in total. The first-order chi connectivity index (χ1) is 10.3. The molecule has 0 aromatic heterocycles. The molecular weight excluding hydrogens is 276 g/mol. The number of nitrogens with one attached hydrogen (secondary N) is 1. The maximum absolute atomic E-state index is 3.95. The lowest BCUT2D eigenvalue weighted by Crippen LogP contribution is -2.66. The average Bonchev–Trinajstić information content (AvgIpc) is 2.56. The molecule has 2 nitrogen and oxygen atoms in total. The van der Waals surface area contributed by atoms with Crippen molar-refractivity contribution in [2.24, 2.45) is 5.92 Å². The van der Waals surface area contributed by atoms with Gasteiger partial charge in [-0.2, -0.15) is 11.8 Å². The van der Waals surface area contributed by atoms with E-state index in [1.165, 1.54) is 76.1 Å². The second-order valence-corrected chi connectivity index (χ2v) is 8.35. The lowest BCUT2D eigenvalue weighted by atomic mass is 9.79. The summed E-state index contributed by atoms with van der Waals surface area (Å²) in [5, 5.41) is 3.95. The zero-order valence-electron chi connectivity index (χ0n) is 14.5. The molecule has 0 aromatic carbocycles. The van der Waals surface area contributed by atoms with Crippen LogP contribution >= 0.6 is 11.8 Å². The van der Waals surface area contributed by atoms with Gasteiger partial charge in [0.2, 0.25) is 0 Å². The molecule has 2 aliphatic rings. The first kappa shape index (κ1) is 17.6. The Morgan fingerprint density at radius 3 is 2.43 bits per heavy atom. The Morgan fingerprint density at radius 1 is 1.10 bits per heavy atom. The third-order valence-electron chi connectivity index (χ3n) is 6.03. The number of nitrogens with zero attached hydrogens (tertiary/aromatic N) is 1. The van der Waals surface area contributed by atoms with Gasteiger partial charge in [0.25, 0.3) is 0 Å². The Bertz CT molecular complexity index is 285. The van der Waals surface area contributed by atoms with Crippen LogP contribution in [0.2, 0.25) is 0 Å². The zero-order chi connectivity index (χ0) is 15.1. The van der Waals surface area contributed by atoms with E-state index >= 15 is 0 Å². The highest BCUT2D eigenvalue weighted by atomic mass is 32.2. The normalized spacial score (nSPS) is 27.9. The van der Waals surface area contributed by atoms with Crippen LogP contribution in [0.25, 0.3) is 0 Å². The minimum atomic E-state index is 0.416. The van der Waals surface area contributed by atoms with Gasteiger partial charge in [-0.25, -0.2) is 0 Å². The lowest BCUT2D eigenvalue weighted by molar-refractivity contribution is 0.0197. The zero-order valence-corrected chi connectivity index (χ0v) is 15.3. The minimum Gasteiger partial charge on any atom is -0.311 e. The van der Waals surface area contributed by atoms with E-state index in [0.29, 0.717) is 5.54 Å². The molecule has 1 aliphatic carbocycles. The van der Waals surface area contributed by atoms with Crippen LogP contribution in [0.4, 0.5) is 0 Å². The number of hydrogen-bond acceptors (Lipinski definition) is 3. The van der Waals surface area contributed by atoms with E-state index in [-0.39, 0.29) is 0 Å². The Morgan fingerprint density at radius 2 is 1.81 bits per heavy atom. The molecule has 1 aliphatic heterocycles. The van der Waals surface area contributed by atoms with Crippen molar-refractivity contribution in [3.8, 4) is 0 Å². The van der Waals surface area contributed by atoms with E-state index in [9.17, 15) is 0 Å². The highest BCUT2D eigenvalue weighted by Gasteiger charge is 2.40. The maximum atomic E-state index is 3.95. The highest BCUT2D eigenvalue weighted by molar-refractivity contribution is 7.99. The summed E-state index contributed by atoms with van der Waals surface area (Å²) in [7, 11) is 0. The van der Waals surface area contributed by atoms with E-state index in [4.69, 9.17) is 0 Å². The largest absolute Gasteiger partial charge is 0.311 e. The molecule has 21 heavy (non-hydrogen) atoms. The van der Waals surface area contributed by atoms with E-state index in [0.717, 1.165) is 12.0 Å². The van der Waals surface area contributed by atoms with Crippen LogP contribution in [0.15, 0.2) is 0 Å². The number of thioether (sulfide) groups is 1. The second kappa shape index (κ2) is 8.79. The molecule has 0 amide bonds. The molecule has 0 aromatic rings. The van der Waals surface area contributed by atoms with Crippen molar-refractivity contribution >= 4 is 11.8 Å². The van der Waals surface area contributed by atoms with Gasteiger partial charge in [0.15, 0.2) is 0 Å². The van der Waals surface area contributed by atoms with Crippen molar-refractivity contribution in [2.45, 2.75) is 77.3 Å². The quantitative estimate of drug-likeness (QED) is 0.711. The first-order valence-electron chi connectivity index (χ1n) is 9.32. The highest BCUT2D eigenvalue weighted by Crippen LogP contribution is 2.33. The van der Waals surface area contributed by atoms with Gasteiger partial charge in [0.1, 0.15) is 0 Å². The Labute approximate surface area is 136 Å². The van der Waals surface area contributed by atoms with Crippen LogP contribution in [-0.4, -0.2) is 47.6 Å². The maximum Gasteiger partial charge on any atom is 0.0329 e. The lowest BCUT2D eigenvalue weighted by Gasteiger charge is -2.51. The fourth-order valence-corrected chi connectivity index (χ4v) is 5.01. The van der Waals surface area contributed by atoms with Crippen molar-refractivity contribution < 1.29 is 0 Å². The summed E-state index contributed by atoms with van der Waals surface area (Å²) >= 11 is 2.10. The van der Waals surface area contributed by atoms with Gasteiger partial charge in [-0.3, -0.25) is 4.90 Å². The SMILES string of the molecule is CCSCCN1CC(C2CCCCC2)NCC1(CC)CC. The Hall–Kier alpha value is 0.270. The van der Waals surface area contributed by atoms with Crippen LogP contribution in [0.3, 0.4) is 0 Å². The molecule has 0 radical (unpaired) electrons. The summed E-state index contributed by atoms with van der Waals surface area (Å²) in [6.45, 7) is 10.8. The van der Waals surface area contributed by atoms with E-state index in [2.05, 4.69) is 42.7 Å². The molecule has 1 saturated heterocycles. The Kier molecular flexibility index (Phi) is 7.37. The predicted molar refractivity (Wildman–Crippen MR) is 96.3 cm³/mol. The van der Waals surface area contributed by atoms with Gasteiger partial charge >= 0.3 is 0 Å². The van der Waals surface area contributed by atoms with Crippen molar-refractivity contribution in [1.82, 2.24) is 10.2 Å². The van der Waals surface area contributed by atoms with Crippen LogP contribution in [0, 0.1) is 5.92 Å². The molecule has 0 spiro atoms. The summed E-state index contributed by atoms with van der Waals surface area (Å²) < 4.78 is 0. The summed E-state index contributed by atoms with van der Waals surface area (Å²) in [5.74, 6) is 3.49. The van der Waals surface area contributed by atoms with Crippen LogP contribution in [-0.2, 0) is 0 Å². The third-order valence-corrected chi connectivity index (χ3v) is 6.91. The summed E-state index contributed by atoms with van der Waals surface area (Å²) in [6, 6.07) is 0.753. The van der Waals surface area contributed by atoms with E-state index < -0.39 is 0 Å². The second-order valence-electron chi connectivity index (χ2n) is 6.96. The van der Waals surface area contributed by atoms with Crippen LogP contribution < -0.4 is 5.32 Å². The van der Waals surface area contributed by atoms with Gasteiger partial charge in [0, 0.05) is 37.0 Å². The molecule has 1 atom stereocenters. The van der Waals surface area contributed by atoms with Gasteiger partial charge in [-0.05, 0) is 37.4 Å². The summed E-state index contributed by atoms with van der Waals surface area (Å²) in [6.07, 6.45) is 9.87. The van der Waals surface area contributed by atoms with Crippen molar-refractivity contribution in [1.29, 1.82) is 0 Å². The minimum absolute atomic E-state index is 0.416. The standard InChI is InChI=1S/C18H36N2S/c1-4-18(5-2)15-19-17(16-10-8-7-9-11-16)14-20(18)12-13-21-6-3/h16-17,19H,4-15H2,1-3H3. The smallest absolute Gasteiger partial charge is 0.0329 e. The Balaban J connectivity index is 1.97. The summed E-state index contributed by atoms with van der Waals surface area (Å²) in [5.41, 5.74) is 0.416. The van der Waals surface area contributed by atoms with E-state index in [1.54, 1.807) is 0 Å². The van der Waals surface area contributed by atoms with Crippen molar-refractivity contribution in [2.75, 3.05) is 31.1 Å². The molecule has 2 rings (SSSR count). The predicted octanol–water partition coefficient (Wildman–Crippen LogP) is 4.15. The fourth-order valence-electron chi connectivity index (χ4n) is 4.38. The van der Waals surface area contributed by atoms with E-state index in [1.807, 2.05) is 0 Å². The molecule has 3 heteroatoms. The monoisotopic (exact) mass is 312 g/mol. The molecule has 0 bridgehead atoms. The van der Waals surface area contributed by atoms with Gasteiger partial charge < -0.3 is 5.32 Å².